The second-order valence-electron chi connectivity index (χ2n) is 7.67. The first kappa shape index (κ1) is 23.9. The van der Waals surface area contributed by atoms with Crippen molar-refractivity contribution >= 4 is 22.6 Å². The lowest BCUT2D eigenvalue weighted by Crippen LogP contribution is -2.27. The van der Waals surface area contributed by atoms with Crippen molar-refractivity contribution in [1.29, 1.82) is 0 Å². The van der Waals surface area contributed by atoms with Crippen LogP contribution in [0.25, 0.3) is 10.8 Å². The molecule has 0 unspecified atom stereocenters. The van der Waals surface area contributed by atoms with Crippen molar-refractivity contribution < 1.29 is 24.2 Å². The molecule has 0 heterocycles. The molecule has 0 bridgehead atoms. The molecular weight excluding hydrogens is 418 g/mol. The van der Waals surface area contributed by atoms with Crippen LogP contribution >= 0.6 is 0 Å². The normalized spacial score (nSPS) is 11.2. The predicted octanol–water partition coefficient (Wildman–Crippen LogP) is 5.12. The van der Waals surface area contributed by atoms with Crippen LogP contribution in [0.2, 0.25) is 0 Å². The molecule has 0 aliphatic carbocycles. The van der Waals surface area contributed by atoms with Gasteiger partial charge in [-0.1, -0.05) is 54.6 Å². The standard InChI is InChI=1S/C27H29NO5/c1-32-23-16-14-20(15-17-23)18-28-27(31)22(9-3-2-4-13-26(29)30)19-33-25-12-7-10-21-8-5-6-11-24(21)25/h5-12,14-17H,2-4,13,18-19H2,1H3,(H,28,31)(H,29,30)/b22-9+. The summed E-state index contributed by atoms with van der Waals surface area (Å²) in [6.07, 6.45) is 3.83. The highest BCUT2D eigenvalue weighted by atomic mass is 16.5. The van der Waals surface area contributed by atoms with E-state index in [-0.39, 0.29) is 18.9 Å². The summed E-state index contributed by atoms with van der Waals surface area (Å²) in [5.41, 5.74) is 1.48. The second-order valence-corrected chi connectivity index (χ2v) is 7.67. The molecule has 0 aliphatic heterocycles. The van der Waals surface area contributed by atoms with Crippen LogP contribution in [-0.4, -0.2) is 30.7 Å². The van der Waals surface area contributed by atoms with Gasteiger partial charge in [-0.05, 0) is 48.4 Å². The second kappa shape index (κ2) is 12.3. The third-order valence-electron chi connectivity index (χ3n) is 5.27. The largest absolute Gasteiger partial charge is 0.497 e. The quantitative estimate of drug-likeness (QED) is 0.298. The van der Waals surface area contributed by atoms with Gasteiger partial charge in [0.1, 0.15) is 18.1 Å². The molecule has 0 atom stereocenters. The highest BCUT2D eigenvalue weighted by Crippen LogP contribution is 2.25. The summed E-state index contributed by atoms with van der Waals surface area (Å²) >= 11 is 0. The fraction of sp³-hybridized carbons (Fsp3) is 0.259. The van der Waals surface area contributed by atoms with Crippen molar-refractivity contribution in [2.24, 2.45) is 0 Å². The number of amides is 1. The number of benzene rings is 3. The molecular formula is C27H29NO5. The van der Waals surface area contributed by atoms with Gasteiger partial charge in [-0.2, -0.15) is 0 Å². The number of hydrogen-bond acceptors (Lipinski definition) is 4. The molecule has 3 aromatic carbocycles. The molecule has 6 heteroatoms. The Bertz CT molecular complexity index is 1100. The topological polar surface area (TPSA) is 84.9 Å². The van der Waals surface area contributed by atoms with Gasteiger partial charge in [0.05, 0.1) is 12.7 Å². The first-order valence-corrected chi connectivity index (χ1v) is 11.0. The molecule has 172 valence electrons. The van der Waals surface area contributed by atoms with Crippen molar-refractivity contribution in [3.8, 4) is 11.5 Å². The van der Waals surface area contributed by atoms with Gasteiger partial charge < -0.3 is 19.9 Å². The van der Waals surface area contributed by atoms with Crippen LogP contribution in [0.4, 0.5) is 0 Å². The number of ether oxygens (including phenoxy) is 2. The molecule has 6 nitrogen and oxygen atoms in total. The van der Waals surface area contributed by atoms with Gasteiger partial charge in [0.15, 0.2) is 0 Å². The zero-order valence-electron chi connectivity index (χ0n) is 18.8. The number of allylic oxidation sites excluding steroid dienone is 1. The Hall–Kier alpha value is -3.80. The maximum atomic E-state index is 12.9. The highest BCUT2D eigenvalue weighted by molar-refractivity contribution is 5.94. The van der Waals surface area contributed by atoms with Gasteiger partial charge in [-0.3, -0.25) is 9.59 Å². The molecule has 0 aliphatic rings. The van der Waals surface area contributed by atoms with Gasteiger partial charge in [-0.15, -0.1) is 0 Å². The third-order valence-corrected chi connectivity index (χ3v) is 5.27. The summed E-state index contributed by atoms with van der Waals surface area (Å²) in [4.78, 5) is 23.6. The molecule has 33 heavy (non-hydrogen) atoms. The first-order chi connectivity index (χ1) is 16.1. The molecule has 0 aromatic heterocycles. The van der Waals surface area contributed by atoms with Crippen LogP contribution in [0.1, 0.15) is 31.2 Å². The minimum Gasteiger partial charge on any atom is -0.497 e. The van der Waals surface area contributed by atoms with Gasteiger partial charge >= 0.3 is 5.97 Å². The average molecular weight is 448 g/mol. The number of methoxy groups -OCH3 is 1. The Labute approximate surface area is 193 Å². The van der Waals surface area contributed by atoms with Crippen LogP contribution in [0.3, 0.4) is 0 Å². The average Bonchev–Trinajstić information content (AvgIpc) is 2.84. The molecule has 1 amide bonds. The van der Waals surface area contributed by atoms with E-state index in [0.717, 1.165) is 22.1 Å². The summed E-state index contributed by atoms with van der Waals surface area (Å²) in [5.74, 6) is 0.461. The predicted molar refractivity (Wildman–Crippen MR) is 128 cm³/mol. The number of carboxylic acids is 1. The number of carbonyl (C=O) groups excluding carboxylic acids is 1. The number of carbonyl (C=O) groups is 2. The fourth-order valence-electron chi connectivity index (χ4n) is 3.43. The van der Waals surface area contributed by atoms with Gasteiger partial charge in [0, 0.05) is 18.4 Å². The first-order valence-electron chi connectivity index (χ1n) is 11.0. The SMILES string of the molecule is COc1ccc(CNC(=O)/C(=C/CCCCC(=O)O)COc2cccc3ccccc23)cc1. The highest BCUT2D eigenvalue weighted by Gasteiger charge is 2.12. The van der Waals surface area contributed by atoms with Gasteiger partial charge in [0.25, 0.3) is 5.91 Å². The van der Waals surface area contributed by atoms with E-state index in [0.29, 0.717) is 37.1 Å². The molecule has 0 fully saturated rings. The van der Waals surface area contributed by atoms with Crippen LogP contribution in [0, 0.1) is 0 Å². The number of hydrogen-bond donors (Lipinski definition) is 2. The zero-order chi connectivity index (χ0) is 23.5. The van der Waals surface area contributed by atoms with E-state index in [1.54, 1.807) is 7.11 Å². The van der Waals surface area contributed by atoms with E-state index in [2.05, 4.69) is 5.32 Å². The third kappa shape index (κ3) is 7.38. The smallest absolute Gasteiger partial charge is 0.303 e. The Balaban J connectivity index is 1.66. The van der Waals surface area contributed by atoms with Crippen molar-refractivity contribution in [3.63, 3.8) is 0 Å². The van der Waals surface area contributed by atoms with Crippen molar-refractivity contribution in [2.45, 2.75) is 32.2 Å². The minimum atomic E-state index is -0.810. The molecule has 2 N–H and O–H groups in total. The number of aliphatic carboxylic acids is 1. The lowest BCUT2D eigenvalue weighted by atomic mass is 10.1. The van der Waals surface area contributed by atoms with E-state index in [1.165, 1.54) is 0 Å². The number of unbranched alkanes of at least 4 members (excludes halogenated alkanes) is 2. The molecule has 3 rings (SSSR count). The van der Waals surface area contributed by atoms with Crippen LogP contribution < -0.4 is 14.8 Å². The Kier molecular flexibility index (Phi) is 8.88. The molecule has 3 aromatic rings. The summed E-state index contributed by atoms with van der Waals surface area (Å²) in [6.45, 7) is 0.509. The Morgan fingerprint density at radius 3 is 2.48 bits per heavy atom. The van der Waals surface area contributed by atoms with E-state index < -0.39 is 5.97 Å². The Morgan fingerprint density at radius 2 is 1.73 bits per heavy atom. The van der Waals surface area contributed by atoms with Crippen molar-refractivity contribution in [2.75, 3.05) is 13.7 Å². The minimum absolute atomic E-state index is 0.124. The maximum absolute atomic E-state index is 12.9. The Morgan fingerprint density at radius 1 is 0.970 bits per heavy atom. The zero-order valence-corrected chi connectivity index (χ0v) is 18.8. The monoisotopic (exact) mass is 447 g/mol. The number of rotatable bonds is 12. The van der Waals surface area contributed by atoms with Crippen LogP contribution in [0.15, 0.2) is 78.4 Å². The van der Waals surface area contributed by atoms with E-state index in [4.69, 9.17) is 14.6 Å². The van der Waals surface area contributed by atoms with Crippen LogP contribution in [0.5, 0.6) is 11.5 Å². The molecule has 0 spiro atoms. The summed E-state index contributed by atoms with van der Waals surface area (Å²) in [5, 5.41) is 13.8. The number of carboxylic acid groups (broad SMARTS) is 1. The number of fused-ring (bicyclic) bond motifs is 1. The molecule has 0 saturated heterocycles. The van der Waals surface area contributed by atoms with Crippen molar-refractivity contribution in [3.05, 3.63) is 83.9 Å². The molecule has 0 radical (unpaired) electrons. The summed E-state index contributed by atoms with van der Waals surface area (Å²) < 4.78 is 11.2. The lowest BCUT2D eigenvalue weighted by molar-refractivity contribution is -0.137. The fourth-order valence-corrected chi connectivity index (χ4v) is 3.43. The number of nitrogens with one attached hydrogen (secondary N) is 1. The maximum Gasteiger partial charge on any atom is 0.303 e. The molecule has 0 saturated carbocycles. The lowest BCUT2D eigenvalue weighted by Gasteiger charge is -2.13. The van der Waals surface area contributed by atoms with E-state index in [9.17, 15) is 9.59 Å². The van der Waals surface area contributed by atoms with E-state index in [1.807, 2.05) is 72.8 Å². The van der Waals surface area contributed by atoms with Crippen LogP contribution in [-0.2, 0) is 16.1 Å². The van der Waals surface area contributed by atoms with Gasteiger partial charge in [0.2, 0.25) is 0 Å². The summed E-state index contributed by atoms with van der Waals surface area (Å²) in [7, 11) is 1.61. The van der Waals surface area contributed by atoms with Crippen molar-refractivity contribution in [1.82, 2.24) is 5.32 Å². The summed E-state index contributed by atoms with van der Waals surface area (Å²) in [6, 6.07) is 21.3. The van der Waals surface area contributed by atoms with Gasteiger partial charge in [-0.25, -0.2) is 0 Å². The van der Waals surface area contributed by atoms with E-state index >= 15 is 0 Å².